The predicted octanol–water partition coefficient (Wildman–Crippen LogP) is 2.86. The number of carboxylic acids is 1. The van der Waals surface area contributed by atoms with Crippen molar-refractivity contribution in [1.82, 2.24) is 4.68 Å². The van der Waals surface area contributed by atoms with Gasteiger partial charge in [0, 0.05) is 16.0 Å². The Morgan fingerprint density at radius 2 is 1.85 bits per heavy atom. The SMILES string of the molecule is Cc1ccc(-c2c(C(=O)O)n(NCCO)c(=O)c3ccc(Cl)cc23)cc1. The fourth-order valence-corrected chi connectivity index (χ4v) is 3.07. The summed E-state index contributed by atoms with van der Waals surface area (Å²) in [4.78, 5) is 24.9. The normalized spacial score (nSPS) is 10.9. The molecule has 3 rings (SSSR count). The molecule has 0 saturated heterocycles. The molecule has 3 aromatic rings. The molecule has 0 atom stereocenters. The van der Waals surface area contributed by atoms with Crippen molar-refractivity contribution >= 4 is 28.3 Å². The number of halogens is 1. The Morgan fingerprint density at radius 1 is 1.15 bits per heavy atom. The first kappa shape index (κ1) is 18.0. The number of fused-ring (bicyclic) bond motifs is 1. The number of aromatic carboxylic acids is 1. The molecule has 0 unspecified atom stereocenters. The standard InChI is InChI=1S/C19H17ClN2O4/c1-11-2-4-12(5-3-11)16-15-10-13(20)6-7-14(15)18(24)22(21-8-9-23)17(16)19(25)26/h2-7,10,21,23H,8-9H2,1H3,(H,25,26). The highest BCUT2D eigenvalue weighted by molar-refractivity contribution is 6.31. The van der Waals surface area contributed by atoms with Crippen LogP contribution < -0.4 is 11.0 Å². The molecule has 134 valence electrons. The third-order valence-electron chi connectivity index (χ3n) is 4.07. The first-order chi connectivity index (χ1) is 12.4. The van der Waals surface area contributed by atoms with E-state index in [1.165, 1.54) is 0 Å². The highest BCUT2D eigenvalue weighted by Gasteiger charge is 2.23. The van der Waals surface area contributed by atoms with Crippen LogP contribution in [0.15, 0.2) is 47.3 Å². The maximum atomic E-state index is 12.8. The molecule has 0 aliphatic heterocycles. The van der Waals surface area contributed by atoms with Crippen molar-refractivity contribution in [2.24, 2.45) is 0 Å². The summed E-state index contributed by atoms with van der Waals surface area (Å²) in [6, 6.07) is 12.1. The Morgan fingerprint density at radius 3 is 2.46 bits per heavy atom. The number of pyridine rings is 1. The zero-order chi connectivity index (χ0) is 18.8. The number of aryl methyl sites for hydroxylation is 1. The number of nitrogens with zero attached hydrogens (tertiary/aromatic N) is 1. The van der Waals surface area contributed by atoms with E-state index in [1.807, 2.05) is 19.1 Å². The van der Waals surface area contributed by atoms with Crippen molar-refractivity contribution in [3.63, 3.8) is 0 Å². The third kappa shape index (κ3) is 3.16. The zero-order valence-corrected chi connectivity index (χ0v) is 14.7. The van der Waals surface area contributed by atoms with Gasteiger partial charge in [0.1, 0.15) is 0 Å². The topological polar surface area (TPSA) is 91.6 Å². The van der Waals surface area contributed by atoms with Crippen LogP contribution in [-0.4, -0.2) is 34.0 Å². The number of hydrogen-bond donors (Lipinski definition) is 3. The maximum absolute atomic E-state index is 12.8. The molecule has 0 saturated carbocycles. The smallest absolute Gasteiger partial charge is 0.355 e. The van der Waals surface area contributed by atoms with Gasteiger partial charge in [0.25, 0.3) is 5.56 Å². The molecule has 0 aliphatic rings. The minimum absolute atomic E-state index is 0.0343. The minimum atomic E-state index is -1.26. The number of aliphatic hydroxyl groups excluding tert-OH is 1. The van der Waals surface area contributed by atoms with Crippen LogP contribution in [-0.2, 0) is 0 Å². The van der Waals surface area contributed by atoms with Gasteiger partial charge >= 0.3 is 5.97 Å². The molecule has 1 aromatic heterocycles. The number of aromatic nitrogens is 1. The van der Waals surface area contributed by atoms with Crippen LogP contribution in [0.25, 0.3) is 21.9 Å². The lowest BCUT2D eigenvalue weighted by atomic mass is 9.96. The van der Waals surface area contributed by atoms with Crippen molar-refractivity contribution in [2.75, 3.05) is 18.6 Å². The molecule has 0 radical (unpaired) electrons. The molecular formula is C19H17ClN2O4. The van der Waals surface area contributed by atoms with Crippen molar-refractivity contribution in [2.45, 2.75) is 6.92 Å². The second kappa shape index (κ2) is 7.19. The summed E-state index contributed by atoms with van der Waals surface area (Å²) in [6.45, 7) is 1.72. The third-order valence-corrected chi connectivity index (χ3v) is 4.30. The number of benzene rings is 2. The number of carboxylic acid groups (broad SMARTS) is 1. The van der Waals surface area contributed by atoms with Crippen molar-refractivity contribution in [3.05, 3.63) is 69.1 Å². The van der Waals surface area contributed by atoms with E-state index in [-0.39, 0.29) is 18.8 Å². The van der Waals surface area contributed by atoms with Gasteiger partial charge in [-0.2, -0.15) is 0 Å². The molecule has 0 fully saturated rings. The highest BCUT2D eigenvalue weighted by atomic mass is 35.5. The molecule has 6 nitrogen and oxygen atoms in total. The van der Waals surface area contributed by atoms with Crippen molar-refractivity contribution in [1.29, 1.82) is 0 Å². The monoisotopic (exact) mass is 372 g/mol. The van der Waals surface area contributed by atoms with E-state index >= 15 is 0 Å². The van der Waals surface area contributed by atoms with Crippen LogP contribution in [0, 0.1) is 6.92 Å². The Labute approximate surface area is 154 Å². The van der Waals surface area contributed by atoms with Gasteiger partial charge in [-0.25, -0.2) is 9.47 Å². The second-order valence-electron chi connectivity index (χ2n) is 5.86. The Hall–Kier alpha value is -2.83. The minimum Gasteiger partial charge on any atom is -0.476 e. The van der Waals surface area contributed by atoms with E-state index in [4.69, 9.17) is 16.7 Å². The van der Waals surface area contributed by atoms with E-state index in [9.17, 15) is 14.7 Å². The van der Waals surface area contributed by atoms with Gasteiger partial charge in [-0.15, -0.1) is 0 Å². The largest absolute Gasteiger partial charge is 0.476 e. The second-order valence-corrected chi connectivity index (χ2v) is 6.29. The molecule has 0 spiro atoms. The molecule has 26 heavy (non-hydrogen) atoms. The highest BCUT2D eigenvalue weighted by Crippen LogP contribution is 2.32. The first-order valence-corrected chi connectivity index (χ1v) is 8.35. The number of hydrogen-bond acceptors (Lipinski definition) is 4. The van der Waals surface area contributed by atoms with Crippen LogP contribution in [0.3, 0.4) is 0 Å². The van der Waals surface area contributed by atoms with Gasteiger partial charge in [0.05, 0.1) is 13.2 Å². The summed E-state index contributed by atoms with van der Waals surface area (Å²) in [7, 11) is 0. The van der Waals surface area contributed by atoms with Crippen LogP contribution in [0.2, 0.25) is 5.02 Å². The predicted molar refractivity (Wildman–Crippen MR) is 102 cm³/mol. The van der Waals surface area contributed by atoms with Crippen LogP contribution >= 0.6 is 11.6 Å². The van der Waals surface area contributed by atoms with E-state index < -0.39 is 11.5 Å². The molecule has 1 heterocycles. The van der Waals surface area contributed by atoms with Crippen molar-refractivity contribution < 1.29 is 15.0 Å². The molecule has 2 aromatic carbocycles. The number of nitrogens with one attached hydrogen (secondary N) is 1. The summed E-state index contributed by atoms with van der Waals surface area (Å²) in [5.41, 5.74) is 4.03. The zero-order valence-electron chi connectivity index (χ0n) is 14.0. The fourth-order valence-electron chi connectivity index (χ4n) is 2.90. The van der Waals surface area contributed by atoms with Gasteiger partial charge < -0.3 is 15.6 Å². The first-order valence-electron chi connectivity index (χ1n) is 7.97. The van der Waals surface area contributed by atoms with Crippen LogP contribution in [0.1, 0.15) is 16.1 Å². The molecule has 7 heteroatoms. The van der Waals surface area contributed by atoms with Gasteiger partial charge in [-0.3, -0.25) is 4.79 Å². The van der Waals surface area contributed by atoms with Gasteiger partial charge in [-0.1, -0.05) is 41.4 Å². The van der Waals surface area contributed by atoms with E-state index in [0.717, 1.165) is 10.2 Å². The Kier molecular flexibility index (Phi) is 4.97. The fraction of sp³-hybridized carbons (Fsp3) is 0.158. The van der Waals surface area contributed by atoms with Crippen LogP contribution in [0.4, 0.5) is 0 Å². The van der Waals surface area contributed by atoms with Gasteiger partial charge in [-0.05, 0) is 36.1 Å². The number of rotatable bonds is 5. The van der Waals surface area contributed by atoms with Gasteiger partial charge in [0.15, 0.2) is 5.69 Å². The Balaban J connectivity index is 2.48. The molecule has 0 amide bonds. The summed E-state index contributed by atoms with van der Waals surface area (Å²) in [5.74, 6) is -1.26. The molecule has 0 aliphatic carbocycles. The summed E-state index contributed by atoms with van der Waals surface area (Å²) < 4.78 is 0.976. The van der Waals surface area contributed by atoms with Crippen LogP contribution in [0.5, 0.6) is 0 Å². The average molecular weight is 373 g/mol. The lowest BCUT2D eigenvalue weighted by Gasteiger charge is -2.18. The summed E-state index contributed by atoms with van der Waals surface area (Å²) in [6.07, 6.45) is 0. The molecular weight excluding hydrogens is 356 g/mol. The lowest BCUT2D eigenvalue weighted by Crippen LogP contribution is -2.35. The van der Waals surface area contributed by atoms with Gasteiger partial charge in [0.2, 0.25) is 0 Å². The molecule has 0 bridgehead atoms. The maximum Gasteiger partial charge on any atom is 0.355 e. The number of aliphatic hydroxyl groups is 1. The van der Waals surface area contributed by atoms with E-state index in [0.29, 0.717) is 26.9 Å². The van der Waals surface area contributed by atoms with E-state index in [1.54, 1.807) is 30.3 Å². The summed E-state index contributed by atoms with van der Waals surface area (Å²) in [5, 5.41) is 20.1. The van der Waals surface area contributed by atoms with E-state index in [2.05, 4.69) is 5.43 Å². The lowest BCUT2D eigenvalue weighted by molar-refractivity contribution is 0.0686. The average Bonchev–Trinajstić information content (AvgIpc) is 2.61. The quantitative estimate of drug-likeness (QED) is 0.640. The molecule has 3 N–H and O–H groups in total. The number of carbonyl (C=O) groups is 1. The van der Waals surface area contributed by atoms with Crippen molar-refractivity contribution in [3.8, 4) is 11.1 Å². The Bertz CT molecular complexity index is 1040. The summed E-state index contributed by atoms with van der Waals surface area (Å²) >= 11 is 6.11.